The van der Waals surface area contributed by atoms with Crippen molar-refractivity contribution in [1.29, 1.82) is 0 Å². The average molecular weight is 296 g/mol. The molecule has 1 amide bonds. The maximum absolute atomic E-state index is 12.1. The van der Waals surface area contributed by atoms with Gasteiger partial charge in [0, 0.05) is 12.6 Å². The zero-order valence-corrected chi connectivity index (χ0v) is 12.5. The van der Waals surface area contributed by atoms with Gasteiger partial charge in [0.2, 0.25) is 0 Å². The lowest BCUT2D eigenvalue weighted by molar-refractivity contribution is -0.135. The number of benzene rings is 1. The van der Waals surface area contributed by atoms with E-state index in [9.17, 15) is 4.79 Å². The van der Waals surface area contributed by atoms with Crippen LogP contribution < -0.4 is 10.5 Å². The van der Waals surface area contributed by atoms with E-state index in [0.717, 1.165) is 0 Å². The van der Waals surface area contributed by atoms with Crippen LogP contribution in [0.5, 0.6) is 5.75 Å². The van der Waals surface area contributed by atoms with Gasteiger partial charge >= 0.3 is 0 Å². The maximum atomic E-state index is 12.1. The molecule has 0 bridgehead atoms. The minimum Gasteiger partial charge on any atom is -0.483 e. The monoisotopic (exact) mass is 296 g/mol. The molecular formula is C14H20N2O3S. The van der Waals surface area contributed by atoms with Crippen LogP contribution in [0.2, 0.25) is 0 Å². The Hall–Kier alpha value is -1.66. The van der Waals surface area contributed by atoms with Gasteiger partial charge in [-0.2, -0.15) is 0 Å². The van der Waals surface area contributed by atoms with Crippen molar-refractivity contribution in [3.05, 3.63) is 29.8 Å². The summed E-state index contributed by atoms with van der Waals surface area (Å²) >= 11 is 4.93. The van der Waals surface area contributed by atoms with Gasteiger partial charge in [-0.15, -0.1) is 0 Å². The Labute approximate surface area is 124 Å². The quantitative estimate of drug-likeness (QED) is 0.732. The fourth-order valence-corrected chi connectivity index (χ4v) is 1.97. The lowest BCUT2D eigenvalue weighted by atomic mass is 10.2. The van der Waals surface area contributed by atoms with Crippen LogP contribution in [-0.2, 0) is 4.79 Å². The number of amides is 1. The molecule has 0 saturated heterocycles. The van der Waals surface area contributed by atoms with Gasteiger partial charge in [-0.25, -0.2) is 0 Å². The number of thiocarbonyl (C=S) groups is 1. The van der Waals surface area contributed by atoms with Crippen LogP contribution in [-0.4, -0.2) is 46.7 Å². The molecule has 0 aliphatic rings. The van der Waals surface area contributed by atoms with Crippen LogP contribution in [0, 0.1) is 0 Å². The fraction of sp³-hybridized carbons (Fsp3) is 0.429. The Balaban J connectivity index is 2.71. The highest BCUT2D eigenvalue weighted by atomic mass is 32.1. The van der Waals surface area contributed by atoms with Gasteiger partial charge in [-0.1, -0.05) is 24.4 Å². The van der Waals surface area contributed by atoms with Crippen molar-refractivity contribution in [2.75, 3.05) is 19.8 Å². The summed E-state index contributed by atoms with van der Waals surface area (Å²) in [5.74, 6) is 0.299. The van der Waals surface area contributed by atoms with E-state index in [1.807, 2.05) is 13.8 Å². The van der Waals surface area contributed by atoms with E-state index in [1.165, 1.54) is 0 Å². The van der Waals surface area contributed by atoms with Crippen LogP contribution in [0.15, 0.2) is 24.3 Å². The molecule has 1 aromatic rings. The van der Waals surface area contributed by atoms with E-state index < -0.39 is 0 Å². The number of nitrogens with two attached hydrogens (primary N) is 1. The topological polar surface area (TPSA) is 75.8 Å². The predicted octanol–water partition coefficient (Wildman–Crippen LogP) is 0.929. The Morgan fingerprint density at radius 1 is 1.45 bits per heavy atom. The fourth-order valence-electron chi connectivity index (χ4n) is 1.80. The molecule has 0 unspecified atom stereocenters. The van der Waals surface area contributed by atoms with Crippen LogP contribution in [0.25, 0.3) is 0 Å². The van der Waals surface area contributed by atoms with Crippen molar-refractivity contribution in [2.45, 2.75) is 19.9 Å². The second kappa shape index (κ2) is 7.81. The number of aliphatic hydroxyl groups is 1. The third-order valence-electron chi connectivity index (χ3n) is 2.79. The molecule has 0 aliphatic heterocycles. The largest absolute Gasteiger partial charge is 0.483 e. The number of nitrogens with zero attached hydrogens (tertiary/aromatic N) is 1. The molecule has 0 heterocycles. The maximum Gasteiger partial charge on any atom is 0.260 e. The van der Waals surface area contributed by atoms with E-state index in [2.05, 4.69) is 0 Å². The van der Waals surface area contributed by atoms with E-state index in [1.54, 1.807) is 29.2 Å². The van der Waals surface area contributed by atoms with E-state index in [0.29, 0.717) is 11.3 Å². The smallest absolute Gasteiger partial charge is 0.260 e. The summed E-state index contributed by atoms with van der Waals surface area (Å²) < 4.78 is 5.50. The molecule has 1 rings (SSSR count). The second-order valence-corrected chi connectivity index (χ2v) is 4.99. The SMILES string of the molecule is CC(C)N(CCO)C(=O)COc1ccccc1C(N)=S. The van der Waals surface area contributed by atoms with Crippen molar-refractivity contribution in [2.24, 2.45) is 5.73 Å². The van der Waals surface area contributed by atoms with Crippen LogP contribution in [0.3, 0.4) is 0 Å². The summed E-state index contributed by atoms with van der Waals surface area (Å²) in [7, 11) is 0. The first kappa shape index (κ1) is 16.4. The molecule has 1 aromatic carbocycles. The highest BCUT2D eigenvalue weighted by Gasteiger charge is 2.17. The summed E-state index contributed by atoms with van der Waals surface area (Å²) in [6.45, 7) is 3.87. The molecule has 0 radical (unpaired) electrons. The van der Waals surface area contributed by atoms with Gasteiger partial charge in [0.15, 0.2) is 6.61 Å². The van der Waals surface area contributed by atoms with Crippen molar-refractivity contribution in [1.82, 2.24) is 4.90 Å². The van der Waals surface area contributed by atoms with Gasteiger partial charge in [-0.05, 0) is 26.0 Å². The molecule has 6 heteroatoms. The number of carbonyl (C=O) groups is 1. The predicted molar refractivity (Wildman–Crippen MR) is 81.8 cm³/mol. The van der Waals surface area contributed by atoms with Gasteiger partial charge in [0.1, 0.15) is 10.7 Å². The van der Waals surface area contributed by atoms with E-state index in [-0.39, 0.29) is 36.7 Å². The molecule has 110 valence electrons. The summed E-state index contributed by atoms with van der Waals surface area (Å²) in [6.07, 6.45) is 0. The Morgan fingerprint density at radius 2 is 2.10 bits per heavy atom. The van der Waals surface area contributed by atoms with E-state index in [4.69, 9.17) is 27.8 Å². The molecule has 20 heavy (non-hydrogen) atoms. The molecule has 0 aliphatic carbocycles. The highest BCUT2D eigenvalue weighted by Crippen LogP contribution is 2.17. The summed E-state index contributed by atoms with van der Waals surface area (Å²) in [4.78, 5) is 13.8. The third kappa shape index (κ3) is 4.47. The Kier molecular flexibility index (Phi) is 6.41. The first-order chi connectivity index (χ1) is 9.47. The summed E-state index contributed by atoms with van der Waals surface area (Å²) in [5, 5.41) is 8.97. The van der Waals surface area contributed by atoms with Crippen molar-refractivity contribution in [3.8, 4) is 5.75 Å². The van der Waals surface area contributed by atoms with Crippen molar-refractivity contribution < 1.29 is 14.6 Å². The number of para-hydroxylation sites is 1. The van der Waals surface area contributed by atoms with Gasteiger partial charge in [0.05, 0.1) is 12.2 Å². The molecule has 0 atom stereocenters. The number of aliphatic hydroxyl groups excluding tert-OH is 1. The van der Waals surface area contributed by atoms with Crippen LogP contribution in [0.4, 0.5) is 0 Å². The van der Waals surface area contributed by atoms with Crippen molar-refractivity contribution in [3.63, 3.8) is 0 Å². The normalized spacial score (nSPS) is 10.4. The van der Waals surface area contributed by atoms with Crippen LogP contribution >= 0.6 is 12.2 Å². The Morgan fingerprint density at radius 3 is 2.65 bits per heavy atom. The number of hydrogen-bond acceptors (Lipinski definition) is 4. The summed E-state index contributed by atoms with van der Waals surface area (Å²) in [6, 6.07) is 7.05. The molecule has 0 spiro atoms. The average Bonchev–Trinajstić information content (AvgIpc) is 2.42. The number of carbonyl (C=O) groups excluding carboxylic acids is 1. The van der Waals surface area contributed by atoms with Gasteiger partial charge in [-0.3, -0.25) is 4.79 Å². The first-order valence-electron chi connectivity index (χ1n) is 6.39. The first-order valence-corrected chi connectivity index (χ1v) is 6.80. The van der Waals surface area contributed by atoms with Gasteiger partial charge < -0.3 is 20.5 Å². The lowest BCUT2D eigenvalue weighted by Crippen LogP contribution is -2.41. The number of ether oxygens (including phenoxy) is 1. The lowest BCUT2D eigenvalue weighted by Gasteiger charge is -2.26. The Bertz CT molecular complexity index is 477. The zero-order valence-electron chi connectivity index (χ0n) is 11.7. The van der Waals surface area contributed by atoms with Crippen LogP contribution in [0.1, 0.15) is 19.4 Å². The van der Waals surface area contributed by atoms with Gasteiger partial charge in [0.25, 0.3) is 5.91 Å². The molecule has 5 nitrogen and oxygen atoms in total. The van der Waals surface area contributed by atoms with E-state index >= 15 is 0 Å². The zero-order chi connectivity index (χ0) is 15.1. The third-order valence-corrected chi connectivity index (χ3v) is 3.01. The highest BCUT2D eigenvalue weighted by molar-refractivity contribution is 7.80. The molecule has 3 N–H and O–H groups in total. The molecule has 0 fully saturated rings. The second-order valence-electron chi connectivity index (χ2n) is 4.55. The minimum atomic E-state index is -0.188. The minimum absolute atomic E-state index is 0.00378. The van der Waals surface area contributed by atoms with Crippen molar-refractivity contribution >= 4 is 23.1 Å². The molecular weight excluding hydrogens is 276 g/mol. The summed E-state index contributed by atoms with van der Waals surface area (Å²) in [5.41, 5.74) is 6.20. The number of rotatable bonds is 7. The molecule has 0 aromatic heterocycles. The molecule has 0 saturated carbocycles. The number of hydrogen-bond donors (Lipinski definition) is 2. The standard InChI is InChI=1S/C14H20N2O3S/c1-10(2)16(7-8-17)13(18)9-19-12-6-4-3-5-11(12)14(15)20/h3-6,10,17H,7-9H2,1-2H3,(H2,15,20).